The van der Waals surface area contributed by atoms with E-state index in [1.807, 2.05) is 18.2 Å². The van der Waals surface area contributed by atoms with Gasteiger partial charge < -0.3 is 9.87 Å². The molecule has 1 rings (SSSR count). The van der Waals surface area contributed by atoms with E-state index in [1.165, 1.54) is 11.6 Å². The van der Waals surface area contributed by atoms with Gasteiger partial charge in [0.25, 0.3) is 0 Å². The lowest BCUT2D eigenvalue weighted by Gasteiger charge is -2.04. The molecule has 0 saturated carbocycles. The summed E-state index contributed by atoms with van der Waals surface area (Å²) in [6.07, 6.45) is 3.42. The summed E-state index contributed by atoms with van der Waals surface area (Å²) in [4.78, 5) is 11.0. The highest BCUT2D eigenvalue weighted by molar-refractivity contribution is 7.76. The molecule has 0 aliphatic carbocycles. The minimum absolute atomic E-state index is 0.168. The van der Waals surface area contributed by atoms with Crippen LogP contribution in [0.4, 0.5) is 5.69 Å². The lowest BCUT2D eigenvalue weighted by molar-refractivity contribution is -0.111. The van der Waals surface area contributed by atoms with Crippen LogP contribution in [0.25, 0.3) is 0 Å². The van der Waals surface area contributed by atoms with Crippen molar-refractivity contribution in [3.8, 4) is 0 Å². The Hall–Kier alpha value is -1.50. The van der Waals surface area contributed by atoms with Crippen LogP contribution in [0.3, 0.4) is 0 Å². The maximum absolute atomic E-state index is 11.0. The van der Waals surface area contributed by atoms with Crippen LogP contribution in [0.1, 0.15) is 18.9 Å². The van der Waals surface area contributed by atoms with Crippen LogP contribution < -0.4 is 10.5 Å². The minimum Gasteiger partial charge on any atom is -0.760 e. The van der Waals surface area contributed by atoms with Gasteiger partial charge in [-0.25, -0.2) is 0 Å². The van der Waals surface area contributed by atoms with Gasteiger partial charge in [-0.1, -0.05) is 32.1 Å². The van der Waals surface area contributed by atoms with Crippen LogP contribution in [0.5, 0.6) is 0 Å². The van der Waals surface area contributed by atoms with Crippen molar-refractivity contribution in [1.29, 1.82) is 0 Å². The molecular weight excluding hydrogens is 252 g/mol. The van der Waals surface area contributed by atoms with Crippen LogP contribution in [0.2, 0.25) is 0 Å². The Morgan fingerprint density at radius 1 is 1.61 bits per heavy atom. The van der Waals surface area contributed by atoms with Gasteiger partial charge >= 0.3 is 0 Å². The Morgan fingerprint density at radius 2 is 2.22 bits per heavy atom. The highest BCUT2D eigenvalue weighted by Gasteiger charge is 1.97. The molecule has 0 fully saturated rings. The first-order chi connectivity index (χ1) is 8.49. The van der Waals surface area contributed by atoms with Crippen LogP contribution in [0, 0.1) is 0 Å². The molecule has 0 heterocycles. The lowest BCUT2D eigenvalue weighted by Crippen LogP contribution is -2.07. The van der Waals surface area contributed by atoms with E-state index in [-0.39, 0.29) is 5.91 Å². The van der Waals surface area contributed by atoms with Gasteiger partial charge in [-0.2, -0.15) is 0 Å². The number of rotatable bonds is 4. The summed E-state index contributed by atoms with van der Waals surface area (Å²) in [5.74, 6) is -0.168. The molecular formula is C12H17N2O3S-. The summed E-state index contributed by atoms with van der Waals surface area (Å²) in [5.41, 5.74) is 2.08. The fourth-order valence-electron chi connectivity index (χ4n) is 1.29. The fourth-order valence-corrected chi connectivity index (χ4v) is 1.29. The van der Waals surface area contributed by atoms with E-state index in [9.17, 15) is 4.79 Å². The highest BCUT2D eigenvalue weighted by Crippen LogP contribution is 2.11. The number of hydrogen-bond acceptors (Lipinski definition) is 3. The zero-order chi connectivity index (χ0) is 14.0. The van der Waals surface area contributed by atoms with E-state index in [0.717, 1.165) is 18.5 Å². The molecule has 1 aromatic carbocycles. The van der Waals surface area contributed by atoms with Crippen molar-refractivity contribution in [2.45, 2.75) is 19.8 Å². The number of aryl methyl sites for hydroxylation is 1. The maximum Gasteiger partial charge on any atom is 0.247 e. The van der Waals surface area contributed by atoms with E-state index in [4.69, 9.17) is 8.76 Å². The normalized spacial score (nSPS) is 10.8. The predicted octanol–water partition coefficient (Wildman–Crippen LogP) is 1.50. The van der Waals surface area contributed by atoms with E-state index >= 15 is 0 Å². The number of anilines is 1. The Kier molecular flexibility index (Phi) is 8.73. The van der Waals surface area contributed by atoms with Crippen LogP contribution in [-0.2, 0) is 22.5 Å². The quantitative estimate of drug-likeness (QED) is 0.640. The summed E-state index contributed by atoms with van der Waals surface area (Å²) in [6.45, 7) is 5.54. The van der Waals surface area contributed by atoms with Crippen LogP contribution in [-0.4, -0.2) is 14.7 Å². The first-order valence-electron chi connectivity index (χ1n) is 5.35. The number of amides is 1. The van der Waals surface area contributed by atoms with Crippen molar-refractivity contribution >= 4 is 22.9 Å². The van der Waals surface area contributed by atoms with Crippen LogP contribution >= 0.6 is 0 Å². The molecule has 0 aliphatic heterocycles. The third-order valence-electron chi connectivity index (χ3n) is 1.92. The smallest absolute Gasteiger partial charge is 0.247 e. The Morgan fingerprint density at radius 3 is 2.72 bits per heavy atom. The molecule has 100 valence electrons. The Bertz CT molecular complexity index is 418. The van der Waals surface area contributed by atoms with Crippen molar-refractivity contribution in [2.75, 3.05) is 5.32 Å². The number of hydrogen-bond donors (Lipinski definition) is 2. The van der Waals surface area contributed by atoms with Gasteiger partial charge in [0.1, 0.15) is 0 Å². The molecule has 5 nitrogen and oxygen atoms in total. The van der Waals surface area contributed by atoms with Gasteiger partial charge in [-0.3, -0.25) is 14.1 Å². The molecule has 0 aliphatic rings. The summed E-state index contributed by atoms with van der Waals surface area (Å²) in [6, 6.07) is 7.88. The van der Waals surface area contributed by atoms with E-state index in [2.05, 4.69) is 30.0 Å². The molecule has 0 spiro atoms. The second-order valence-corrected chi connectivity index (χ2v) is 3.93. The van der Waals surface area contributed by atoms with Crippen LogP contribution in [0.15, 0.2) is 36.9 Å². The molecule has 1 amide bonds. The molecule has 3 N–H and O–H groups in total. The first-order valence-corrected chi connectivity index (χ1v) is 6.49. The average molecular weight is 269 g/mol. The largest absolute Gasteiger partial charge is 0.760 e. The monoisotopic (exact) mass is 269 g/mol. The lowest BCUT2D eigenvalue weighted by atomic mass is 10.1. The third kappa shape index (κ3) is 8.63. The molecule has 1 unspecified atom stereocenters. The van der Waals surface area contributed by atoms with E-state index < -0.39 is 11.3 Å². The molecule has 1 aromatic rings. The zero-order valence-electron chi connectivity index (χ0n) is 10.2. The SMILES string of the molecule is C=CC(=O)Nc1cccc(CCC)c1.NS(=O)[O-]. The average Bonchev–Trinajstić information content (AvgIpc) is 2.29. The molecule has 0 radical (unpaired) electrons. The zero-order valence-corrected chi connectivity index (χ0v) is 11.0. The first kappa shape index (κ1) is 16.5. The van der Waals surface area contributed by atoms with Crippen molar-refractivity contribution in [3.05, 3.63) is 42.5 Å². The summed E-state index contributed by atoms with van der Waals surface area (Å²) >= 11 is -2.36. The van der Waals surface area contributed by atoms with E-state index in [0.29, 0.717) is 0 Å². The highest BCUT2D eigenvalue weighted by atomic mass is 32.2. The van der Waals surface area contributed by atoms with Gasteiger partial charge in [0, 0.05) is 17.0 Å². The topological polar surface area (TPSA) is 95.2 Å². The number of benzene rings is 1. The summed E-state index contributed by atoms with van der Waals surface area (Å²) < 4.78 is 17.6. The number of nitrogens with one attached hydrogen (secondary N) is 1. The van der Waals surface area contributed by atoms with Crippen molar-refractivity contribution < 1.29 is 13.6 Å². The number of carbonyl (C=O) groups excluding carboxylic acids is 1. The van der Waals surface area contributed by atoms with Gasteiger partial charge in [0.15, 0.2) is 0 Å². The Labute approximate surface area is 110 Å². The van der Waals surface area contributed by atoms with Crippen molar-refractivity contribution in [3.63, 3.8) is 0 Å². The summed E-state index contributed by atoms with van der Waals surface area (Å²) in [5, 5.41) is 6.76. The maximum atomic E-state index is 11.0. The molecule has 0 aromatic heterocycles. The van der Waals surface area contributed by atoms with Gasteiger partial charge in [-0.15, -0.1) is 0 Å². The predicted molar refractivity (Wildman–Crippen MR) is 72.4 cm³/mol. The molecule has 1 atom stereocenters. The molecule has 6 heteroatoms. The Balaban J connectivity index is 0.000000631. The van der Waals surface area contributed by atoms with Gasteiger partial charge in [0.2, 0.25) is 5.91 Å². The minimum atomic E-state index is -2.36. The van der Waals surface area contributed by atoms with Gasteiger partial charge in [0.05, 0.1) is 0 Å². The second-order valence-electron chi connectivity index (χ2n) is 3.40. The molecule has 18 heavy (non-hydrogen) atoms. The number of nitrogens with two attached hydrogens (primary N) is 1. The van der Waals surface area contributed by atoms with Crippen molar-refractivity contribution in [1.82, 2.24) is 0 Å². The van der Waals surface area contributed by atoms with Crippen molar-refractivity contribution in [2.24, 2.45) is 5.14 Å². The molecule has 0 saturated heterocycles. The van der Waals surface area contributed by atoms with Gasteiger partial charge in [-0.05, 0) is 30.2 Å². The third-order valence-corrected chi connectivity index (χ3v) is 1.92. The summed E-state index contributed by atoms with van der Waals surface area (Å²) in [7, 11) is 0. The molecule has 0 bridgehead atoms. The fraction of sp³-hybridized carbons (Fsp3) is 0.250. The van der Waals surface area contributed by atoms with E-state index in [1.54, 1.807) is 0 Å². The number of carbonyl (C=O) groups is 1. The second kappa shape index (κ2) is 9.52. The standard InChI is InChI=1S/C12H15NO.H3NO2S/c1-3-6-10-7-5-8-11(9-10)13-12(14)4-2;1-4(2)3/h4-5,7-9H,2-3,6H2,1H3,(H,13,14);1H2,(H,2,3)/p-1.